The van der Waals surface area contributed by atoms with Gasteiger partial charge >= 0.3 is 12.2 Å². The van der Waals surface area contributed by atoms with Gasteiger partial charge in [-0.3, -0.25) is 0 Å². The van der Waals surface area contributed by atoms with Crippen LogP contribution in [0.5, 0.6) is 11.5 Å². The summed E-state index contributed by atoms with van der Waals surface area (Å²) in [6.07, 6.45) is -9.37. The van der Waals surface area contributed by atoms with Crippen LogP contribution in [0.25, 0.3) is 0 Å². The molecule has 0 bridgehead atoms. The minimum atomic E-state index is -4.69. The van der Waals surface area contributed by atoms with Crippen molar-refractivity contribution in [1.82, 2.24) is 5.32 Å². The van der Waals surface area contributed by atoms with Gasteiger partial charge in [0.15, 0.2) is 11.5 Å². The molecule has 20 heavy (non-hydrogen) atoms. The van der Waals surface area contributed by atoms with E-state index in [2.05, 4.69) is 14.8 Å². The van der Waals surface area contributed by atoms with Crippen molar-refractivity contribution in [2.24, 2.45) is 0 Å². The standard InChI is InChI=1S/C12H12F4N2O2/c13-11(14)12(15,16)20-10-8(2-1-3-9(10)19-11)18-6-4-17-5-7-18/h1-3,17H,4-7H2. The summed E-state index contributed by atoms with van der Waals surface area (Å²) in [6.45, 7) is 2.50. The molecule has 1 saturated heterocycles. The average Bonchev–Trinajstić information content (AvgIpc) is 2.40. The molecule has 2 heterocycles. The second-order valence-corrected chi connectivity index (χ2v) is 4.58. The van der Waals surface area contributed by atoms with Crippen LogP contribution in [-0.2, 0) is 0 Å². The molecule has 0 radical (unpaired) electrons. The van der Waals surface area contributed by atoms with Gasteiger partial charge in [0.1, 0.15) is 0 Å². The number of ether oxygens (including phenoxy) is 2. The second kappa shape index (κ2) is 4.41. The second-order valence-electron chi connectivity index (χ2n) is 4.58. The van der Waals surface area contributed by atoms with Crippen LogP contribution in [0, 0.1) is 0 Å². The van der Waals surface area contributed by atoms with Gasteiger partial charge in [-0.2, -0.15) is 17.6 Å². The van der Waals surface area contributed by atoms with Crippen LogP contribution >= 0.6 is 0 Å². The Morgan fingerprint density at radius 2 is 1.65 bits per heavy atom. The number of nitrogens with one attached hydrogen (secondary N) is 1. The van der Waals surface area contributed by atoms with Gasteiger partial charge in [0.25, 0.3) is 0 Å². The van der Waals surface area contributed by atoms with Gasteiger partial charge in [-0.25, -0.2) is 0 Å². The SMILES string of the molecule is FC1(F)Oc2cccc(N3CCNCC3)c2OC1(F)F. The van der Waals surface area contributed by atoms with Gasteiger partial charge in [0, 0.05) is 26.2 Å². The van der Waals surface area contributed by atoms with Gasteiger partial charge in [0.2, 0.25) is 0 Å². The van der Waals surface area contributed by atoms with Crippen LogP contribution in [0.3, 0.4) is 0 Å². The normalized spacial score (nSPS) is 23.5. The molecule has 0 saturated carbocycles. The molecule has 1 N–H and O–H groups in total. The summed E-state index contributed by atoms with van der Waals surface area (Å²) in [5.74, 6) is -0.720. The molecule has 1 aromatic carbocycles. The Hall–Kier alpha value is -1.70. The number of para-hydroxylation sites is 1. The van der Waals surface area contributed by atoms with Crippen molar-refractivity contribution >= 4 is 5.69 Å². The minimum absolute atomic E-state index is 0.333. The molecular formula is C12H12F4N2O2. The van der Waals surface area contributed by atoms with Crippen molar-refractivity contribution in [2.75, 3.05) is 31.1 Å². The van der Waals surface area contributed by atoms with Crippen molar-refractivity contribution < 1.29 is 27.0 Å². The fraction of sp³-hybridized carbons (Fsp3) is 0.500. The number of halogens is 4. The van der Waals surface area contributed by atoms with E-state index in [9.17, 15) is 17.6 Å². The van der Waals surface area contributed by atoms with Crippen molar-refractivity contribution in [3.63, 3.8) is 0 Å². The number of piperazine rings is 1. The predicted octanol–water partition coefficient (Wildman–Crippen LogP) is 2.05. The van der Waals surface area contributed by atoms with E-state index in [-0.39, 0.29) is 11.5 Å². The number of alkyl halides is 4. The molecular weight excluding hydrogens is 280 g/mol. The van der Waals surface area contributed by atoms with Crippen LogP contribution in [0.15, 0.2) is 18.2 Å². The number of fused-ring (bicyclic) bond motifs is 1. The molecule has 1 fully saturated rings. The van der Waals surface area contributed by atoms with Crippen molar-refractivity contribution in [3.8, 4) is 11.5 Å². The first-order chi connectivity index (χ1) is 9.41. The Morgan fingerprint density at radius 3 is 2.35 bits per heavy atom. The van der Waals surface area contributed by atoms with E-state index in [4.69, 9.17) is 0 Å². The summed E-state index contributed by atoms with van der Waals surface area (Å²) in [5.41, 5.74) is 0.333. The van der Waals surface area contributed by atoms with Gasteiger partial charge in [-0.15, -0.1) is 0 Å². The number of anilines is 1. The van der Waals surface area contributed by atoms with Gasteiger partial charge in [-0.05, 0) is 12.1 Å². The lowest BCUT2D eigenvalue weighted by Crippen LogP contribution is -2.52. The third-order valence-corrected chi connectivity index (χ3v) is 3.22. The number of nitrogens with zero attached hydrogens (tertiary/aromatic N) is 1. The summed E-state index contributed by atoms with van der Waals surface area (Å²) in [5, 5.41) is 3.11. The molecule has 110 valence electrons. The van der Waals surface area contributed by atoms with Crippen molar-refractivity contribution in [1.29, 1.82) is 0 Å². The minimum Gasteiger partial charge on any atom is -0.421 e. The summed E-state index contributed by atoms with van der Waals surface area (Å²) in [6, 6.07) is 4.20. The zero-order chi connectivity index (χ0) is 14.4. The third-order valence-electron chi connectivity index (χ3n) is 3.22. The lowest BCUT2D eigenvalue weighted by molar-refractivity contribution is -0.391. The highest BCUT2D eigenvalue weighted by Gasteiger charge is 2.66. The summed E-state index contributed by atoms with van der Waals surface area (Å²) in [7, 11) is 0. The molecule has 0 aliphatic carbocycles. The molecule has 0 atom stereocenters. The van der Waals surface area contributed by atoms with Crippen LogP contribution in [-0.4, -0.2) is 38.4 Å². The number of rotatable bonds is 1. The number of hydrogen-bond donors (Lipinski definition) is 1. The lowest BCUT2D eigenvalue weighted by atomic mass is 10.2. The van der Waals surface area contributed by atoms with E-state index < -0.39 is 12.2 Å². The molecule has 1 aromatic rings. The Bertz CT molecular complexity index is 518. The zero-order valence-electron chi connectivity index (χ0n) is 10.3. The zero-order valence-corrected chi connectivity index (χ0v) is 10.3. The van der Waals surface area contributed by atoms with Crippen LogP contribution in [0.1, 0.15) is 0 Å². The molecule has 3 rings (SSSR count). The number of hydrogen-bond acceptors (Lipinski definition) is 4. The fourth-order valence-electron chi connectivity index (χ4n) is 2.23. The summed E-state index contributed by atoms with van der Waals surface area (Å²) < 4.78 is 61.2. The van der Waals surface area contributed by atoms with E-state index in [0.29, 0.717) is 31.9 Å². The first kappa shape index (κ1) is 13.3. The molecule has 8 heteroatoms. The van der Waals surface area contributed by atoms with Gasteiger partial charge in [-0.1, -0.05) is 6.07 Å². The smallest absolute Gasteiger partial charge is 0.421 e. The highest BCUT2D eigenvalue weighted by Crippen LogP contribution is 2.50. The van der Waals surface area contributed by atoms with Crippen LogP contribution < -0.4 is 19.7 Å². The Morgan fingerprint density at radius 1 is 1.00 bits per heavy atom. The maximum absolute atomic E-state index is 13.3. The Labute approximate surface area is 112 Å². The van der Waals surface area contributed by atoms with Gasteiger partial charge < -0.3 is 19.7 Å². The molecule has 0 aromatic heterocycles. The van der Waals surface area contributed by atoms with Crippen LogP contribution in [0.4, 0.5) is 23.2 Å². The predicted molar refractivity (Wildman–Crippen MR) is 62.7 cm³/mol. The fourth-order valence-corrected chi connectivity index (χ4v) is 2.23. The first-order valence-corrected chi connectivity index (χ1v) is 6.13. The maximum atomic E-state index is 13.3. The average molecular weight is 292 g/mol. The molecule has 0 unspecified atom stereocenters. The quantitative estimate of drug-likeness (QED) is 0.803. The van der Waals surface area contributed by atoms with E-state index in [1.807, 2.05) is 0 Å². The Kier molecular flexibility index (Phi) is 2.93. The van der Waals surface area contributed by atoms with E-state index in [1.54, 1.807) is 11.0 Å². The van der Waals surface area contributed by atoms with Gasteiger partial charge in [0.05, 0.1) is 5.69 Å². The lowest BCUT2D eigenvalue weighted by Gasteiger charge is -2.36. The highest BCUT2D eigenvalue weighted by atomic mass is 19.3. The maximum Gasteiger partial charge on any atom is 0.507 e. The van der Waals surface area contributed by atoms with E-state index in [0.717, 1.165) is 0 Å². The van der Waals surface area contributed by atoms with Crippen molar-refractivity contribution in [3.05, 3.63) is 18.2 Å². The summed E-state index contributed by atoms with van der Waals surface area (Å²) >= 11 is 0. The summed E-state index contributed by atoms with van der Waals surface area (Å²) in [4.78, 5) is 1.79. The van der Waals surface area contributed by atoms with Crippen LogP contribution in [0.2, 0.25) is 0 Å². The first-order valence-electron chi connectivity index (χ1n) is 6.13. The molecule has 2 aliphatic rings. The highest BCUT2D eigenvalue weighted by molar-refractivity contribution is 5.65. The van der Waals surface area contributed by atoms with E-state index in [1.165, 1.54) is 12.1 Å². The molecule has 0 spiro atoms. The molecule has 2 aliphatic heterocycles. The van der Waals surface area contributed by atoms with Crippen molar-refractivity contribution in [2.45, 2.75) is 12.2 Å². The monoisotopic (exact) mass is 292 g/mol. The largest absolute Gasteiger partial charge is 0.507 e. The Balaban J connectivity index is 2.00. The topological polar surface area (TPSA) is 33.7 Å². The molecule has 0 amide bonds. The third kappa shape index (κ3) is 2.04. The molecule has 4 nitrogen and oxygen atoms in total. The van der Waals surface area contributed by atoms with E-state index >= 15 is 0 Å². The number of benzene rings is 1.